The molecule has 0 spiro atoms. The molecule has 0 aliphatic heterocycles. The van der Waals surface area contributed by atoms with Crippen LogP contribution in [-0.2, 0) is 9.59 Å². The van der Waals surface area contributed by atoms with E-state index in [-0.39, 0.29) is 75.1 Å². The monoisotopic (exact) mass is 1450 g/mol. The summed E-state index contributed by atoms with van der Waals surface area (Å²) >= 11 is 0. The Labute approximate surface area is 627 Å². The molecule has 21 heteroatoms. The lowest BCUT2D eigenvalue weighted by Gasteiger charge is -2.07. The number of amides is 2. The summed E-state index contributed by atoms with van der Waals surface area (Å²) in [6, 6.07) is 44.6. The van der Waals surface area contributed by atoms with E-state index in [1.54, 1.807) is 101 Å². The van der Waals surface area contributed by atoms with E-state index < -0.39 is 0 Å². The van der Waals surface area contributed by atoms with Crippen LogP contribution in [0.4, 0.5) is 11.4 Å². The fourth-order valence-electron chi connectivity index (χ4n) is 9.20. The van der Waals surface area contributed by atoms with Gasteiger partial charge in [-0.2, -0.15) is 0 Å². The molecule has 0 unspecified atom stereocenters. The Kier molecular flexibility index (Phi) is 39.0. The Morgan fingerprint density at radius 1 is 0.364 bits per heavy atom. The van der Waals surface area contributed by atoms with Crippen LogP contribution in [0, 0.1) is 0 Å². The molecule has 0 radical (unpaired) electrons. The lowest BCUT2D eigenvalue weighted by Crippen LogP contribution is -2.25. The first-order chi connectivity index (χ1) is 51.0. The summed E-state index contributed by atoms with van der Waals surface area (Å²) in [4.78, 5) is 48.6. The molecule has 562 valence electrons. The molecule has 13 N–H and O–H groups in total. The van der Waals surface area contributed by atoms with Gasteiger partial charge in [-0.05, 0) is 193 Å². The van der Waals surface area contributed by atoms with Crippen molar-refractivity contribution in [2.75, 3.05) is 39.3 Å². The summed E-state index contributed by atoms with van der Waals surface area (Å²) in [5.74, 6) is 0.315. The number of aromatic hydroxyl groups is 11. The van der Waals surface area contributed by atoms with Crippen molar-refractivity contribution in [3.8, 4) is 63.2 Å². The van der Waals surface area contributed by atoms with Crippen LogP contribution >= 0.6 is 0 Å². The van der Waals surface area contributed by atoms with E-state index in [0.717, 1.165) is 63.8 Å². The molecule has 0 fully saturated rings. The molecule has 2 amide bonds. The molecule has 0 aliphatic rings. The minimum absolute atomic E-state index is 0.00170. The number of nitrogens with zero attached hydrogens (tertiary/aromatic N) is 6. The van der Waals surface area contributed by atoms with Crippen molar-refractivity contribution in [3.63, 3.8) is 0 Å². The number of rotatable bonds is 26. The van der Waals surface area contributed by atoms with E-state index in [4.69, 9.17) is 10.2 Å². The Morgan fingerprint density at radius 3 is 1.03 bits per heavy atom. The minimum Gasteiger partial charge on any atom is -0.508 e. The van der Waals surface area contributed by atoms with Gasteiger partial charge in [-0.1, -0.05) is 88.7 Å². The van der Waals surface area contributed by atoms with E-state index in [0.29, 0.717) is 102 Å². The minimum atomic E-state index is -0.151. The molecule has 8 rings (SSSR count). The average molecular weight is 1450 g/mol. The van der Waals surface area contributed by atoms with Crippen molar-refractivity contribution in [2.24, 2.45) is 30.0 Å². The molecule has 0 atom stereocenters. The number of aliphatic imine (C=N–C) groups is 6. The number of nitrogens with one attached hydrogen (secondary N) is 2. The van der Waals surface area contributed by atoms with Gasteiger partial charge in [-0.15, -0.1) is 13.2 Å². The van der Waals surface area contributed by atoms with Crippen LogP contribution < -0.4 is 10.6 Å². The van der Waals surface area contributed by atoms with Gasteiger partial charge in [0.2, 0.25) is 11.8 Å². The molecule has 0 saturated heterocycles. The first-order valence-corrected chi connectivity index (χ1v) is 34.1. The standard InChI is InChI=1S/C17H17NO2.C16H15NO2.C15H20N2O3.C15H20N2O2.C12H15NO2.C11H13NO2/c1-3-12-5-7-13(8-6-12)18-16(4-2)15-10-9-14(19)11-17(15)20;1-3-12-4-6-13(7-5-12)17-11(2)15-9-8-14(18)10-16(15)19;1-10(2)15(20)17-8-4-7-16-11(3)13-6-5-12(18)9-14(13)19;1-11(2)15(19)17-10-4-9-16-12(3)13-5-7-14(18)8-6-13;1-3-7-13-11(4-2)10-6-5-9(14)8-12(10)15;1-3-6-12-8(2)10-5-4-9(13)7-11(10)14/h3,5-11,19-20H,1,4H2,2H3;3-10,18-19H,1H2,2H3;5-6,9,18-19H,1,4,7-8H2,2-3H3,(H,17,20);5-8,18H,1,4,9-10H2,2-3H3,(H,17,19);3,5-6,8,14-15H,1,4,7H2,2H3;3-5,7,13-14H,1,6H2,2H3. The highest BCUT2D eigenvalue weighted by Gasteiger charge is 2.12. The zero-order valence-corrected chi connectivity index (χ0v) is 62.1. The highest BCUT2D eigenvalue weighted by molar-refractivity contribution is 6.05. The fourth-order valence-corrected chi connectivity index (χ4v) is 9.20. The molecule has 0 aromatic heterocycles. The van der Waals surface area contributed by atoms with E-state index in [1.165, 1.54) is 54.6 Å². The third-order valence-corrected chi connectivity index (χ3v) is 15.1. The lowest BCUT2D eigenvalue weighted by atomic mass is 10.1. The van der Waals surface area contributed by atoms with Gasteiger partial charge in [0.25, 0.3) is 0 Å². The molecule has 0 heterocycles. The average Bonchev–Trinajstić information content (AvgIpc) is 0.869. The Morgan fingerprint density at radius 2 is 0.682 bits per heavy atom. The van der Waals surface area contributed by atoms with Gasteiger partial charge in [0.05, 0.1) is 30.2 Å². The van der Waals surface area contributed by atoms with Crippen LogP contribution in [0.3, 0.4) is 0 Å². The van der Waals surface area contributed by atoms with Crippen molar-refractivity contribution in [2.45, 2.75) is 81.1 Å². The van der Waals surface area contributed by atoms with Crippen molar-refractivity contribution in [3.05, 3.63) is 271 Å². The van der Waals surface area contributed by atoms with Gasteiger partial charge in [0.15, 0.2) is 0 Å². The molecular weight excluding hydrogens is 1350 g/mol. The van der Waals surface area contributed by atoms with E-state index >= 15 is 0 Å². The molecule has 8 aromatic rings. The SMILES string of the molecule is C=C(C)C(=O)NCCCN=C(C)c1ccc(O)cc1.C=C(C)C(=O)NCCCN=C(C)c1ccc(O)cc1O.C=CCN=C(C)c1ccc(O)cc1O.C=CCN=C(CC)c1ccc(O)cc1O.C=Cc1ccc(N=C(C)c2ccc(O)cc2O)cc1.C=Cc1ccc(N=C(CC)c2ccc(O)cc2O)cc1. The van der Waals surface area contributed by atoms with Gasteiger partial charge < -0.3 is 66.8 Å². The predicted octanol–water partition coefficient (Wildman–Crippen LogP) is 17.0. The normalized spacial score (nSPS) is 11.3. The zero-order valence-electron chi connectivity index (χ0n) is 62.1. The summed E-state index contributed by atoms with van der Waals surface area (Å²) in [5.41, 5.74) is 13.4. The number of carbonyl (C=O) groups is 2. The molecule has 107 heavy (non-hydrogen) atoms. The fraction of sp³-hybridized carbons (Fsp3) is 0.209. The smallest absolute Gasteiger partial charge is 0.246 e. The van der Waals surface area contributed by atoms with Crippen LogP contribution in [0.15, 0.2) is 257 Å². The number of phenols is 11. The molecule has 0 aliphatic carbocycles. The van der Waals surface area contributed by atoms with E-state index in [1.807, 2.05) is 88.4 Å². The number of carbonyl (C=O) groups excluding carboxylic acids is 2. The third-order valence-electron chi connectivity index (χ3n) is 15.1. The highest BCUT2D eigenvalue weighted by Crippen LogP contribution is 2.30. The maximum Gasteiger partial charge on any atom is 0.246 e. The van der Waals surface area contributed by atoms with Gasteiger partial charge in [0.1, 0.15) is 63.2 Å². The van der Waals surface area contributed by atoms with Gasteiger partial charge in [-0.25, -0.2) is 0 Å². The quantitative estimate of drug-likeness (QED) is 0.0104. The van der Waals surface area contributed by atoms with Crippen molar-refractivity contribution < 1.29 is 65.8 Å². The maximum atomic E-state index is 11.2. The summed E-state index contributed by atoms with van der Waals surface area (Å²) in [6.07, 6.45) is 9.83. The van der Waals surface area contributed by atoms with E-state index in [2.05, 4.69) is 80.1 Å². The Hall–Kier alpha value is -13.0. The largest absolute Gasteiger partial charge is 0.508 e. The summed E-state index contributed by atoms with van der Waals surface area (Å²) < 4.78 is 0. The Bertz CT molecular complexity index is 4500. The topological polar surface area (TPSA) is 355 Å². The number of hydrogen-bond acceptors (Lipinski definition) is 19. The first-order valence-electron chi connectivity index (χ1n) is 34.1. The van der Waals surface area contributed by atoms with Crippen LogP contribution in [0.1, 0.15) is 126 Å². The molecule has 8 aromatic carbocycles. The second-order valence-corrected chi connectivity index (χ2v) is 23.6. The van der Waals surface area contributed by atoms with Gasteiger partial charge in [0, 0.05) is 124 Å². The van der Waals surface area contributed by atoms with Crippen molar-refractivity contribution >= 4 is 69.6 Å². The molecule has 21 nitrogen and oxygen atoms in total. The van der Waals surface area contributed by atoms with Crippen molar-refractivity contribution in [1.82, 2.24) is 10.6 Å². The summed E-state index contributed by atoms with van der Waals surface area (Å²) in [6.45, 7) is 39.7. The third kappa shape index (κ3) is 32.4. The maximum absolute atomic E-state index is 11.2. The molecule has 0 bridgehead atoms. The second-order valence-electron chi connectivity index (χ2n) is 23.6. The van der Waals surface area contributed by atoms with Crippen molar-refractivity contribution in [1.29, 1.82) is 0 Å². The molecular formula is C86H100N8O13. The second kappa shape index (κ2) is 47.3. The lowest BCUT2D eigenvalue weighted by molar-refractivity contribution is -0.118. The highest BCUT2D eigenvalue weighted by atomic mass is 16.3. The van der Waals surface area contributed by atoms with E-state index in [9.17, 15) is 55.5 Å². The van der Waals surface area contributed by atoms with Crippen LogP contribution in [0.5, 0.6) is 63.2 Å². The van der Waals surface area contributed by atoms with Crippen LogP contribution in [-0.4, -0.2) is 142 Å². The predicted molar refractivity (Wildman–Crippen MR) is 437 cm³/mol. The van der Waals surface area contributed by atoms with Gasteiger partial charge in [-0.3, -0.25) is 39.5 Å². The number of benzene rings is 8. The Balaban J connectivity index is 0.000000335. The van der Waals surface area contributed by atoms with Gasteiger partial charge >= 0.3 is 0 Å². The number of phenolic OH excluding ortho intramolecular Hbond substituents is 11. The molecule has 0 saturated carbocycles. The number of hydrogen-bond donors (Lipinski definition) is 13. The van der Waals surface area contributed by atoms with Crippen LogP contribution in [0.2, 0.25) is 0 Å². The summed E-state index contributed by atoms with van der Waals surface area (Å²) in [7, 11) is 0. The van der Waals surface area contributed by atoms with Crippen LogP contribution in [0.25, 0.3) is 12.2 Å². The zero-order chi connectivity index (χ0) is 79.5. The first kappa shape index (κ1) is 88.2. The summed E-state index contributed by atoms with van der Waals surface area (Å²) in [5, 5.41) is 109.